The summed E-state index contributed by atoms with van der Waals surface area (Å²) in [6.07, 6.45) is 3.57. The van der Waals surface area contributed by atoms with E-state index in [9.17, 15) is 13.6 Å². The highest BCUT2D eigenvalue weighted by Gasteiger charge is 2.17. The number of hydrogen-bond donors (Lipinski definition) is 1. The van der Waals surface area contributed by atoms with E-state index in [1.807, 2.05) is 12.1 Å². The van der Waals surface area contributed by atoms with Crippen molar-refractivity contribution in [3.8, 4) is 0 Å². The zero-order valence-corrected chi connectivity index (χ0v) is 12.6. The molecule has 0 saturated carbocycles. The van der Waals surface area contributed by atoms with E-state index in [-0.39, 0.29) is 12.3 Å². The third-order valence-corrected chi connectivity index (χ3v) is 4.59. The molecular weight excluding hydrogens is 300 g/mol. The van der Waals surface area contributed by atoms with Gasteiger partial charge in [-0.05, 0) is 17.2 Å². The Kier molecular flexibility index (Phi) is 3.87. The summed E-state index contributed by atoms with van der Waals surface area (Å²) < 4.78 is 27.1. The normalized spacial score (nSPS) is 13.8. The van der Waals surface area contributed by atoms with Crippen LogP contribution >= 0.6 is 0 Å². The minimum atomic E-state index is -3.58. The molecule has 0 amide bonds. The topological polar surface area (TPSA) is 72.5 Å². The van der Waals surface area contributed by atoms with Gasteiger partial charge in [-0.1, -0.05) is 54.6 Å². The highest BCUT2D eigenvalue weighted by atomic mass is 32.2. The number of nitrogens with zero attached hydrogens (tertiary/aromatic N) is 1. The first kappa shape index (κ1) is 14.6. The molecule has 0 atom stereocenters. The maximum absolute atomic E-state index is 12.3. The monoisotopic (exact) mass is 315 g/mol. The average Bonchev–Trinajstić information content (AvgIpc) is 2.47. The molecule has 1 heterocycles. The molecule has 114 valence electrons. The lowest BCUT2D eigenvalue weighted by Gasteiger charge is -2.35. The zero-order chi connectivity index (χ0) is 15.6. The standard InChI is InChI=1S/C16H15N2O3S/c19-18-11-5-9-14-8-4-10-15(16(14)18)17-22(20,21)12-13-6-2-1-3-7-13/h1-10,17H,11-12H2/q-1. The number of rotatable bonds is 4. The Morgan fingerprint density at radius 3 is 2.64 bits per heavy atom. The molecule has 0 spiro atoms. The number of para-hydroxylation sites is 1. The summed E-state index contributed by atoms with van der Waals surface area (Å²) in [6.45, 7) is 0.213. The SMILES string of the molecule is O=S(=O)(Cc1ccccc1)Nc1cccc2c1N([O-])CC=C2. The second kappa shape index (κ2) is 5.82. The van der Waals surface area contributed by atoms with Crippen molar-refractivity contribution in [1.82, 2.24) is 0 Å². The van der Waals surface area contributed by atoms with Crippen LogP contribution in [0.3, 0.4) is 0 Å². The van der Waals surface area contributed by atoms with Gasteiger partial charge < -0.3 is 10.3 Å². The van der Waals surface area contributed by atoms with E-state index in [1.54, 1.807) is 48.5 Å². The largest absolute Gasteiger partial charge is 0.758 e. The Hall–Kier alpha value is -2.31. The molecule has 1 N–H and O–H groups in total. The Morgan fingerprint density at radius 2 is 1.86 bits per heavy atom. The van der Waals surface area contributed by atoms with Crippen molar-refractivity contribution in [2.45, 2.75) is 5.75 Å². The quantitative estimate of drug-likeness (QED) is 0.941. The molecule has 2 aromatic carbocycles. The molecule has 0 bridgehead atoms. The number of hydroxylamine groups is 1. The summed E-state index contributed by atoms with van der Waals surface area (Å²) in [5.74, 6) is -0.133. The number of sulfonamides is 1. The number of fused-ring (bicyclic) bond motifs is 1. The van der Waals surface area contributed by atoms with Crippen molar-refractivity contribution in [2.24, 2.45) is 0 Å². The molecule has 0 fully saturated rings. The molecule has 22 heavy (non-hydrogen) atoms. The Morgan fingerprint density at radius 1 is 1.09 bits per heavy atom. The predicted octanol–water partition coefficient (Wildman–Crippen LogP) is 2.96. The predicted molar refractivity (Wildman–Crippen MR) is 88.9 cm³/mol. The van der Waals surface area contributed by atoms with Crippen LogP contribution in [0.5, 0.6) is 0 Å². The highest BCUT2D eigenvalue weighted by Crippen LogP contribution is 2.34. The molecule has 0 aliphatic carbocycles. The molecule has 6 heteroatoms. The summed E-state index contributed by atoms with van der Waals surface area (Å²) >= 11 is 0. The van der Waals surface area contributed by atoms with Crippen molar-refractivity contribution >= 4 is 27.5 Å². The second-order valence-electron chi connectivity index (χ2n) is 5.05. The van der Waals surface area contributed by atoms with E-state index in [2.05, 4.69) is 4.72 Å². The van der Waals surface area contributed by atoms with Crippen LogP contribution in [0, 0.1) is 5.21 Å². The molecule has 0 radical (unpaired) electrons. The average molecular weight is 315 g/mol. The molecule has 3 rings (SSSR count). The van der Waals surface area contributed by atoms with Crippen LogP contribution in [-0.2, 0) is 15.8 Å². The van der Waals surface area contributed by atoms with Gasteiger partial charge in [-0.2, -0.15) is 0 Å². The van der Waals surface area contributed by atoms with Crippen LogP contribution in [0.4, 0.5) is 11.4 Å². The highest BCUT2D eigenvalue weighted by molar-refractivity contribution is 7.91. The smallest absolute Gasteiger partial charge is 0.236 e. The maximum Gasteiger partial charge on any atom is 0.236 e. The van der Waals surface area contributed by atoms with E-state index in [4.69, 9.17) is 0 Å². The third kappa shape index (κ3) is 3.13. The lowest BCUT2D eigenvalue weighted by Crippen LogP contribution is -2.22. The van der Waals surface area contributed by atoms with Gasteiger partial charge in [0.2, 0.25) is 10.0 Å². The minimum absolute atomic E-state index is 0.133. The van der Waals surface area contributed by atoms with Crippen molar-refractivity contribution < 1.29 is 8.42 Å². The summed E-state index contributed by atoms with van der Waals surface area (Å²) in [4.78, 5) is 0. The summed E-state index contributed by atoms with van der Waals surface area (Å²) in [6, 6.07) is 14.0. The van der Waals surface area contributed by atoms with Gasteiger partial charge in [0, 0.05) is 6.54 Å². The number of hydrogen-bond acceptors (Lipinski definition) is 4. The van der Waals surface area contributed by atoms with E-state index in [1.165, 1.54) is 0 Å². The maximum atomic E-state index is 12.3. The van der Waals surface area contributed by atoms with E-state index >= 15 is 0 Å². The zero-order valence-electron chi connectivity index (χ0n) is 11.8. The van der Waals surface area contributed by atoms with Crippen molar-refractivity contribution in [3.05, 3.63) is 70.9 Å². The van der Waals surface area contributed by atoms with Crippen LogP contribution in [0.15, 0.2) is 54.6 Å². The van der Waals surface area contributed by atoms with Crippen LogP contribution in [0.25, 0.3) is 6.08 Å². The second-order valence-corrected chi connectivity index (χ2v) is 6.78. The van der Waals surface area contributed by atoms with E-state index in [0.717, 1.165) is 5.06 Å². The Bertz CT molecular complexity index is 801. The van der Waals surface area contributed by atoms with Crippen LogP contribution in [0.1, 0.15) is 11.1 Å². The molecule has 0 saturated heterocycles. The minimum Gasteiger partial charge on any atom is -0.758 e. The molecule has 1 aliphatic rings. The third-order valence-electron chi connectivity index (χ3n) is 3.35. The lowest BCUT2D eigenvalue weighted by molar-refractivity contribution is 0.600. The number of nitrogens with one attached hydrogen (secondary N) is 1. The first-order valence-corrected chi connectivity index (χ1v) is 8.49. The first-order chi connectivity index (χ1) is 10.6. The summed E-state index contributed by atoms with van der Waals surface area (Å²) in [7, 11) is -3.58. The fourth-order valence-corrected chi connectivity index (χ4v) is 3.62. The molecule has 0 aromatic heterocycles. The van der Waals surface area contributed by atoms with Gasteiger partial charge in [-0.3, -0.25) is 4.72 Å². The van der Waals surface area contributed by atoms with Gasteiger partial charge in [0.25, 0.3) is 0 Å². The van der Waals surface area contributed by atoms with Crippen LogP contribution in [-0.4, -0.2) is 15.0 Å². The first-order valence-electron chi connectivity index (χ1n) is 6.84. The van der Waals surface area contributed by atoms with Gasteiger partial charge in [-0.25, -0.2) is 8.42 Å². The molecule has 5 nitrogen and oxygen atoms in total. The van der Waals surface area contributed by atoms with E-state index < -0.39 is 10.0 Å². The van der Waals surface area contributed by atoms with Crippen molar-refractivity contribution in [2.75, 3.05) is 16.3 Å². The lowest BCUT2D eigenvalue weighted by atomic mass is 10.1. The van der Waals surface area contributed by atoms with Gasteiger partial charge in [0.1, 0.15) is 0 Å². The van der Waals surface area contributed by atoms with Crippen LogP contribution < -0.4 is 9.79 Å². The molecule has 2 aromatic rings. The van der Waals surface area contributed by atoms with E-state index in [0.29, 0.717) is 22.5 Å². The van der Waals surface area contributed by atoms with Gasteiger partial charge >= 0.3 is 0 Å². The fourth-order valence-electron chi connectivity index (χ4n) is 2.42. The fraction of sp³-hybridized carbons (Fsp3) is 0.125. The van der Waals surface area contributed by atoms with Gasteiger partial charge in [0.15, 0.2) is 0 Å². The molecule has 1 aliphatic heterocycles. The number of anilines is 2. The van der Waals surface area contributed by atoms with Gasteiger partial charge in [-0.15, -0.1) is 0 Å². The molecular formula is C16H15N2O3S-. The van der Waals surface area contributed by atoms with Crippen molar-refractivity contribution in [1.29, 1.82) is 0 Å². The summed E-state index contributed by atoms with van der Waals surface area (Å²) in [5, 5.41) is 12.8. The van der Waals surface area contributed by atoms with Crippen molar-refractivity contribution in [3.63, 3.8) is 0 Å². The Balaban J connectivity index is 1.89. The molecule has 0 unspecified atom stereocenters. The Labute approximate surface area is 129 Å². The number of benzene rings is 2. The van der Waals surface area contributed by atoms with Gasteiger partial charge in [0.05, 0.1) is 17.1 Å². The summed E-state index contributed by atoms with van der Waals surface area (Å²) in [5.41, 5.74) is 2.08. The van der Waals surface area contributed by atoms with Crippen LogP contribution in [0.2, 0.25) is 0 Å².